The molecule has 0 aromatic heterocycles. The number of anilines is 1. The summed E-state index contributed by atoms with van der Waals surface area (Å²) < 4.78 is 0. The average Bonchev–Trinajstić information content (AvgIpc) is 2.96. The molecule has 1 saturated heterocycles. The lowest BCUT2D eigenvalue weighted by molar-refractivity contribution is 0.0951. The van der Waals surface area contributed by atoms with Gasteiger partial charge in [0, 0.05) is 24.8 Å². The van der Waals surface area contributed by atoms with Gasteiger partial charge in [-0.05, 0) is 69.6 Å². The van der Waals surface area contributed by atoms with Gasteiger partial charge < -0.3 is 15.5 Å². The normalized spacial score (nSPS) is 15.3. The van der Waals surface area contributed by atoms with Crippen LogP contribution in [0, 0.1) is 6.92 Å². The van der Waals surface area contributed by atoms with E-state index in [9.17, 15) is 4.79 Å². The van der Waals surface area contributed by atoms with E-state index in [1.165, 1.54) is 25.9 Å². The minimum absolute atomic E-state index is 0.0339. The summed E-state index contributed by atoms with van der Waals surface area (Å²) in [6, 6.07) is 5.82. The van der Waals surface area contributed by atoms with Gasteiger partial charge in [-0.15, -0.1) is 0 Å². The molecule has 1 aliphatic heterocycles. The molecule has 4 heteroatoms. The Hall–Kier alpha value is -1.55. The molecule has 110 valence electrons. The van der Waals surface area contributed by atoms with E-state index in [1.54, 1.807) is 0 Å². The second kappa shape index (κ2) is 7.29. The molecule has 1 aromatic rings. The van der Waals surface area contributed by atoms with Gasteiger partial charge in [-0.3, -0.25) is 4.79 Å². The van der Waals surface area contributed by atoms with Crippen LogP contribution in [0.4, 0.5) is 5.69 Å². The number of amides is 1. The standard InChI is InChI=1S/C16H25N3O/c1-13-12-14(17-2)6-7-15(13)16(20)18-8-5-11-19-9-3-4-10-19/h6-7,12,17H,3-5,8-11H2,1-2H3,(H,18,20). The summed E-state index contributed by atoms with van der Waals surface area (Å²) >= 11 is 0. The maximum absolute atomic E-state index is 12.1. The van der Waals surface area contributed by atoms with Crippen LogP contribution in [0.5, 0.6) is 0 Å². The van der Waals surface area contributed by atoms with Crippen molar-refractivity contribution in [1.29, 1.82) is 0 Å². The molecule has 0 atom stereocenters. The van der Waals surface area contributed by atoms with Crippen LogP contribution in [0.1, 0.15) is 35.2 Å². The Morgan fingerprint density at radius 1 is 1.30 bits per heavy atom. The zero-order chi connectivity index (χ0) is 14.4. The molecule has 2 rings (SSSR count). The maximum Gasteiger partial charge on any atom is 0.251 e. The number of nitrogens with zero attached hydrogens (tertiary/aromatic N) is 1. The van der Waals surface area contributed by atoms with Crippen molar-refractivity contribution < 1.29 is 4.79 Å². The Morgan fingerprint density at radius 2 is 2.05 bits per heavy atom. The molecule has 1 fully saturated rings. The second-order valence-electron chi connectivity index (χ2n) is 5.44. The summed E-state index contributed by atoms with van der Waals surface area (Å²) in [6.45, 7) is 6.26. The topological polar surface area (TPSA) is 44.4 Å². The number of nitrogens with one attached hydrogen (secondary N) is 2. The van der Waals surface area contributed by atoms with Crippen LogP contribution < -0.4 is 10.6 Å². The fourth-order valence-electron chi connectivity index (χ4n) is 2.68. The molecule has 0 spiro atoms. The van der Waals surface area contributed by atoms with Gasteiger partial charge >= 0.3 is 0 Å². The van der Waals surface area contributed by atoms with Gasteiger partial charge in [-0.1, -0.05) is 0 Å². The van der Waals surface area contributed by atoms with E-state index < -0.39 is 0 Å². The predicted octanol–water partition coefficient (Wildman–Crippen LogP) is 2.25. The van der Waals surface area contributed by atoms with Crippen molar-refractivity contribution in [3.8, 4) is 0 Å². The van der Waals surface area contributed by atoms with Gasteiger partial charge in [0.1, 0.15) is 0 Å². The Labute approximate surface area is 121 Å². The Kier molecular flexibility index (Phi) is 5.41. The Morgan fingerprint density at radius 3 is 2.70 bits per heavy atom. The van der Waals surface area contributed by atoms with Crippen LogP contribution in [0.2, 0.25) is 0 Å². The van der Waals surface area contributed by atoms with Crippen molar-refractivity contribution in [2.24, 2.45) is 0 Å². The van der Waals surface area contributed by atoms with Gasteiger partial charge in [0.05, 0.1) is 0 Å². The molecule has 1 aliphatic rings. The minimum Gasteiger partial charge on any atom is -0.388 e. The smallest absolute Gasteiger partial charge is 0.251 e. The van der Waals surface area contributed by atoms with Crippen LogP contribution in [0.25, 0.3) is 0 Å². The van der Waals surface area contributed by atoms with Crippen LogP contribution >= 0.6 is 0 Å². The summed E-state index contributed by atoms with van der Waals surface area (Å²) in [5, 5.41) is 6.10. The first-order chi connectivity index (χ1) is 9.70. The molecular weight excluding hydrogens is 250 g/mol. The van der Waals surface area contributed by atoms with Gasteiger partial charge in [0.25, 0.3) is 5.91 Å². The number of benzene rings is 1. The van der Waals surface area contributed by atoms with E-state index in [4.69, 9.17) is 0 Å². The van der Waals surface area contributed by atoms with Gasteiger partial charge in [0.2, 0.25) is 0 Å². The fourth-order valence-corrected chi connectivity index (χ4v) is 2.68. The SMILES string of the molecule is CNc1ccc(C(=O)NCCCN2CCCC2)c(C)c1. The molecular formula is C16H25N3O. The number of rotatable bonds is 6. The highest BCUT2D eigenvalue weighted by Gasteiger charge is 2.11. The van der Waals surface area contributed by atoms with Crippen molar-refractivity contribution in [2.75, 3.05) is 38.5 Å². The third-order valence-electron chi connectivity index (χ3n) is 3.90. The Bertz CT molecular complexity index is 453. The second-order valence-corrected chi connectivity index (χ2v) is 5.44. The highest BCUT2D eigenvalue weighted by atomic mass is 16.1. The lowest BCUT2D eigenvalue weighted by Crippen LogP contribution is -2.29. The summed E-state index contributed by atoms with van der Waals surface area (Å²) in [7, 11) is 1.88. The maximum atomic E-state index is 12.1. The van der Waals surface area contributed by atoms with Crippen molar-refractivity contribution in [2.45, 2.75) is 26.2 Å². The number of hydrogen-bond acceptors (Lipinski definition) is 3. The van der Waals surface area contributed by atoms with E-state index in [0.29, 0.717) is 0 Å². The molecule has 1 heterocycles. The zero-order valence-corrected chi connectivity index (χ0v) is 12.5. The summed E-state index contributed by atoms with van der Waals surface area (Å²) in [5.74, 6) is 0.0339. The number of likely N-dealkylation sites (tertiary alicyclic amines) is 1. The lowest BCUT2D eigenvalue weighted by Gasteiger charge is -2.14. The first-order valence-corrected chi connectivity index (χ1v) is 7.49. The molecule has 0 bridgehead atoms. The molecule has 20 heavy (non-hydrogen) atoms. The molecule has 0 radical (unpaired) electrons. The van der Waals surface area contributed by atoms with Crippen molar-refractivity contribution in [3.63, 3.8) is 0 Å². The molecule has 1 amide bonds. The van der Waals surface area contributed by atoms with Crippen LogP contribution in [0.3, 0.4) is 0 Å². The predicted molar refractivity (Wildman–Crippen MR) is 83.3 cm³/mol. The third-order valence-corrected chi connectivity index (χ3v) is 3.90. The summed E-state index contributed by atoms with van der Waals surface area (Å²) in [5.41, 5.74) is 2.81. The van der Waals surface area contributed by atoms with Gasteiger partial charge in [-0.25, -0.2) is 0 Å². The lowest BCUT2D eigenvalue weighted by atomic mass is 10.1. The van der Waals surface area contributed by atoms with E-state index in [-0.39, 0.29) is 5.91 Å². The third kappa shape index (κ3) is 3.97. The highest BCUT2D eigenvalue weighted by molar-refractivity contribution is 5.96. The van der Waals surface area contributed by atoms with Gasteiger partial charge in [-0.2, -0.15) is 0 Å². The molecule has 0 saturated carbocycles. The van der Waals surface area contributed by atoms with Crippen molar-refractivity contribution in [1.82, 2.24) is 10.2 Å². The highest BCUT2D eigenvalue weighted by Crippen LogP contribution is 2.14. The quantitative estimate of drug-likeness (QED) is 0.783. The Balaban J connectivity index is 1.76. The molecule has 4 nitrogen and oxygen atoms in total. The van der Waals surface area contributed by atoms with Crippen molar-refractivity contribution >= 4 is 11.6 Å². The molecule has 1 aromatic carbocycles. The van der Waals surface area contributed by atoms with E-state index in [1.807, 2.05) is 32.2 Å². The molecule has 0 unspecified atom stereocenters. The number of carbonyl (C=O) groups excluding carboxylic acids is 1. The zero-order valence-electron chi connectivity index (χ0n) is 12.5. The van der Waals surface area contributed by atoms with Crippen LogP contribution in [0.15, 0.2) is 18.2 Å². The van der Waals surface area contributed by atoms with E-state index in [2.05, 4.69) is 15.5 Å². The van der Waals surface area contributed by atoms with Gasteiger partial charge in [0.15, 0.2) is 0 Å². The van der Waals surface area contributed by atoms with Crippen molar-refractivity contribution in [3.05, 3.63) is 29.3 Å². The molecule has 0 aliphatic carbocycles. The summed E-state index contributed by atoms with van der Waals surface area (Å²) in [6.07, 6.45) is 3.67. The average molecular weight is 275 g/mol. The first kappa shape index (κ1) is 14.9. The molecule has 2 N–H and O–H groups in total. The van der Waals surface area contributed by atoms with Crippen LogP contribution in [-0.2, 0) is 0 Å². The minimum atomic E-state index is 0.0339. The van der Waals surface area contributed by atoms with E-state index >= 15 is 0 Å². The number of carbonyl (C=O) groups is 1. The van der Waals surface area contributed by atoms with E-state index in [0.717, 1.165) is 36.3 Å². The van der Waals surface area contributed by atoms with Crippen LogP contribution in [-0.4, -0.2) is 44.0 Å². The monoisotopic (exact) mass is 275 g/mol. The first-order valence-electron chi connectivity index (χ1n) is 7.49. The number of hydrogen-bond donors (Lipinski definition) is 2. The fraction of sp³-hybridized carbons (Fsp3) is 0.562. The largest absolute Gasteiger partial charge is 0.388 e. The number of aryl methyl sites for hydroxylation is 1. The summed E-state index contributed by atoms with van der Waals surface area (Å²) in [4.78, 5) is 14.6.